The zero-order chi connectivity index (χ0) is 17.0. The van der Waals surface area contributed by atoms with Crippen molar-refractivity contribution in [3.63, 3.8) is 0 Å². The first kappa shape index (κ1) is 18.2. The maximum absolute atomic E-state index is 9.24. The molecule has 0 aliphatic rings. The number of halogens is 1. The number of hydrogen-bond donors (Lipinski definition) is 2. The zero-order valence-electron chi connectivity index (χ0n) is 14.5. The van der Waals surface area contributed by atoms with Crippen LogP contribution in [0.5, 0.6) is 0 Å². The molecule has 2 rings (SSSR count). The van der Waals surface area contributed by atoms with Crippen molar-refractivity contribution in [2.45, 2.75) is 39.7 Å². The van der Waals surface area contributed by atoms with E-state index in [1.807, 2.05) is 25.2 Å². The molecule has 0 bridgehead atoms. The van der Waals surface area contributed by atoms with E-state index in [4.69, 9.17) is 16.6 Å². The standard InChI is InChI=1S/C18H28ClN3O/c1-12(2)9-14(7-8-23)11-20-13(3)18-21-16-6-5-15(19)10-17(16)22(18)4/h5-6,10,12-14,20,23H,7-9,11H2,1-4H3. The van der Waals surface area contributed by atoms with Crippen molar-refractivity contribution >= 4 is 22.6 Å². The van der Waals surface area contributed by atoms with Crippen LogP contribution in [0.15, 0.2) is 18.2 Å². The summed E-state index contributed by atoms with van der Waals surface area (Å²) in [5.41, 5.74) is 2.02. The Hall–Kier alpha value is -1.10. The Morgan fingerprint density at radius 1 is 1.30 bits per heavy atom. The van der Waals surface area contributed by atoms with Crippen molar-refractivity contribution in [2.75, 3.05) is 13.2 Å². The number of benzene rings is 1. The van der Waals surface area contributed by atoms with Crippen LogP contribution in [0.4, 0.5) is 0 Å². The third-order valence-electron chi connectivity index (χ3n) is 4.32. The molecule has 128 valence electrons. The fourth-order valence-corrected chi connectivity index (χ4v) is 3.32. The predicted octanol–water partition coefficient (Wildman–Crippen LogP) is 3.92. The lowest BCUT2D eigenvalue weighted by Crippen LogP contribution is -2.28. The minimum Gasteiger partial charge on any atom is -0.396 e. The minimum absolute atomic E-state index is 0.152. The lowest BCUT2D eigenvalue weighted by Gasteiger charge is -2.21. The van der Waals surface area contributed by atoms with Crippen molar-refractivity contribution in [3.05, 3.63) is 29.0 Å². The molecule has 0 saturated carbocycles. The average Bonchev–Trinajstić information content (AvgIpc) is 2.81. The van der Waals surface area contributed by atoms with Crippen molar-refractivity contribution in [1.82, 2.24) is 14.9 Å². The first-order chi connectivity index (χ1) is 10.9. The first-order valence-electron chi connectivity index (χ1n) is 8.38. The summed E-state index contributed by atoms with van der Waals surface area (Å²) in [5, 5.41) is 13.5. The molecule has 0 spiro atoms. The average molecular weight is 338 g/mol. The second-order valence-electron chi connectivity index (χ2n) is 6.80. The second-order valence-corrected chi connectivity index (χ2v) is 7.24. The number of fused-ring (bicyclic) bond motifs is 1. The van der Waals surface area contributed by atoms with Crippen molar-refractivity contribution in [2.24, 2.45) is 18.9 Å². The summed E-state index contributed by atoms with van der Waals surface area (Å²) in [7, 11) is 2.03. The summed E-state index contributed by atoms with van der Waals surface area (Å²) in [6.45, 7) is 7.72. The van der Waals surface area contributed by atoms with Crippen LogP contribution in [-0.4, -0.2) is 27.8 Å². The molecule has 5 heteroatoms. The number of nitrogens with one attached hydrogen (secondary N) is 1. The number of nitrogens with zero attached hydrogens (tertiary/aromatic N) is 2. The maximum Gasteiger partial charge on any atom is 0.126 e. The normalized spacial score (nSPS) is 14.6. The molecule has 2 N–H and O–H groups in total. The Labute approximate surface area is 143 Å². The summed E-state index contributed by atoms with van der Waals surface area (Å²) in [6.07, 6.45) is 1.97. The van der Waals surface area contributed by atoms with Gasteiger partial charge in [-0.2, -0.15) is 0 Å². The third-order valence-corrected chi connectivity index (χ3v) is 4.55. The van der Waals surface area contributed by atoms with Crippen LogP contribution in [0.25, 0.3) is 11.0 Å². The van der Waals surface area contributed by atoms with Gasteiger partial charge in [-0.3, -0.25) is 0 Å². The molecule has 2 unspecified atom stereocenters. The largest absolute Gasteiger partial charge is 0.396 e. The maximum atomic E-state index is 9.24. The summed E-state index contributed by atoms with van der Waals surface area (Å²) in [4.78, 5) is 4.73. The second kappa shape index (κ2) is 8.13. The van der Waals surface area contributed by atoms with Gasteiger partial charge in [0.15, 0.2) is 0 Å². The third kappa shape index (κ3) is 4.69. The van der Waals surface area contributed by atoms with Gasteiger partial charge in [-0.25, -0.2) is 4.98 Å². The fourth-order valence-electron chi connectivity index (χ4n) is 3.16. The van der Waals surface area contributed by atoms with E-state index in [1.54, 1.807) is 0 Å². The van der Waals surface area contributed by atoms with Gasteiger partial charge in [0.2, 0.25) is 0 Å². The molecule has 0 amide bonds. The summed E-state index contributed by atoms with van der Waals surface area (Å²) in [6, 6.07) is 5.94. The quantitative estimate of drug-likeness (QED) is 0.767. The highest BCUT2D eigenvalue weighted by Crippen LogP contribution is 2.23. The first-order valence-corrected chi connectivity index (χ1v) is 8.76. The van der Waals surface area contributed by atoms with E-state index in [9.17, 15) is 5.11 Å². The van der Waals surface area contributed by atoms with Gasteiger partial charge in [-0.05, 0) is 56.3 Å². The van der Waals surface area contributed by atoms with Crippen LogP contribution in [0.2, 0.25) is 5.02 Å². The Morgan fingerprint density at radius 2 is 2.04 bits per heavy atom. The molecular weight excluding hydrogens is 310 g/mol. The molecule has 4 nitrogen and oxygen atoms in total. The van der Waals surface area contributed by atoms with E-state index in [2.05, 4.69) is 30.7 Å². The van der Waals surface area contributed by atoms with Crippen LogP contribution in [0.3, 0.4) is 0 Å². The fraction of sp³-hybridized carbons (Fsp3) is 0.611. The van der Waals surface area contributed by atoms with E-state index < -0.39 is 0 Å². The van der Waals surface area contributed by atoms with Gasteiger partial charge in [0.25, 0.3) is 0 Å². The molecule has 0 saturated heterocycles. The number of rotatable bonds is 8. The molecule has 2 atom stereocenters. The van der Waals surface area contributed by atoms with Gasteiger partial charge in [-0.15, -0.1) is 0 Å². The number of aromatic nitrogens is 2. The SMILES string of the molecule is CC(C)CC(CCO)CNC(C)c1nc2ccc(Cl)cc2n1C. The van der Waals surface area contributed by atoms with Gasteiger partial charge >= 0.3 is 0 Å². The van der Waals surface area contributed by atoms with E-state index in [-0.39, 0.29) is 12.6 Å². The zero-order valence-corrected chi connectivity index (χ0v) is 15.3. The van der Waals surface area contributed by atoms with Crippen LogP contribution >= 0.6 is 11.6 Å². The lowest BCUT2D eigenvalue weighted by atomic mass is 9.94. The molecule has 0 fully saturated rings. The van der Waals surface area contributed by atoms with E-state index in [1.165, 1.54) is 0 Å². The van der Waals surface area contributed by atoms with E-state index >= 15 is 0 Å². The molecule has 1 heterocycles. The molecule has 0 aliphatic heterocycles. The monoisotopic (exact) mass is 337 g/mol. The highest BCUT2D eigenvalue weighted by Gasteiger charge is 2.17. The molecule has 0 radical (unpaired) electrons. The molecule has 1 aromatic carbocycles. The molecular formula is C18H28ClN3O. The summed E-state index contributed by atoms with van der Waals surface area (Å²) < 4.78 is 2.10. The summed E-state index contributed by atoms with van der Waals surface area (Å²) >= 11 is 6.08. The van der Waals surface area contributed by atoms with E-state index in [0.717, 1.165) is 41.3 Å². The number of hydrogen-bond acceptors (Lipinski definition) is 3. The number of aryl methyl sites for hydroxylation is 1. The smallest absolute Gasteiger partial charge is 0.126 e. The van der Waals surface area contributed by atoms with Gasteiger partial charge < -0.3 is 15.0 Å². The number of aliphatic hydroxyl groups excluding tert-OH is 1. The molecule has 2 aromatic rings. The van der Waals surface area contributed by atoms with Gasteiger partial charge in [-0.1, -0.05) is 25.4 Å². The van der Waals surface area contributed by atoms with Gasteiger partial charge in [0, 0.05) is 18.7 Å². The highest BCUT2D eigenvalue weighted by atomic mass is 35.5. The van der Waals surface area contributed by atoms with Crippen molar-refractivity contribution in [3.8, 4) is 0 Å². The van der Waals surface area contributed by atoms with Crippen LogP contribution < -0.4 is 5.32 Å². The predicted molar refractivity (Wildman–Crippen MR) is 96.8 cm³/mol. The molecule has 0 aliphatic carbocycles. The van der Waals surface area contributed by atoms with Gasteiger partial charge in [0.1, 0.15) is 5.82 Å². The molecule has 23 heavy (non-hydrogen) atoms. The topological polar surface area (TPSA) is 50.1 Å². The molecule has 1 aromatic heterocycles. The minimum atomic E-state index is 0.152. The Bertz CT molecular complexity index is 638. The van der Waals surface area contributed by atoms with Crippen LogP contribution in [0.1, 0.15) is 45.5 Å². The highest BCUT2D eigenvalue weighted by molar-refractivity contribution is 6.31. The number of aliphatic hydroxyl groups is 1. The number of imidazole rings is 1. The van der Waals surface area contributed by atoms with Crippen molar-refractivity contribution < 1.29 is 5.11 Å². The van der Waals surface area contributed by atoms with Crippen LogP contribution in [-0.2, 0) is 7.05 Å². The summed E-state index contributed by atoms with van der Waals surface area (Å²) in [5.74, 6) is 2.14. The Kier molecular flexibility index (Phi) is 6.45. The van der Waals surface area contributed by atoms with Gasteiger partial charge in [0.05, 0.1) is 17.1 Å². The van der Waals surface area contributed by atoms with E-state index in [0.29, 0.717) is 11.8 Å². The Morgan fingerprint density at radius 3 is 2.70 bits per heavy atom. The lowest BCUT2D eigenvalue weighted by molar-refractivity contribution is 0.236. The van der Waals surface area contributed by atoms with Crippen molar-refractivity contribution in [1.29, 1.82) is 0 Å². The Balaban J connectivity index is 2.08. The van der Waals surface area contributed by atoms with Crippen LogP contribution in [0, 0.1) is 11.8 Å².